The molecule has 1 saturated heterocycles. The van der Waals surface area contributed by atoms with E-state index in [9.17, 15) is 14.7 Å². The largest absolute Gasteiger partial charge is 0.481 e. The molecule has 6 nitrogen and oxygen atoms in total. The molecule has 0 aromatic heterocycles. The Balaban J connectivity index is 2.05. The molecule has 0 spiro atoms. The van der Waals surface area contributed by atoms with Gasteiger partial charge in [-0.05, 0) is 43.7 Å². The molecule has 26 heavy (non-hydrogen) atoms. The number of carboxylic acids is 1. The fourth-order valence-electron chi connectivity index (χ4n) is 3.64. The summed E-state index contributed by atoms with van der Waals surface area (Å²) in [5.41, 5.74) is 6.77. The van der Waals surface area contributed by atoms with Gasteiger partial charge in [0.2, 0.25) is 0 Å². The number of benzene rings is 2. The van der Waals surface area contributed by atoms with Gasteiger partial charge in [0.15, 0.2) is 0 Å². The third kappa shape index (κ3) is 3.41. The first kappa shape index (κ1) is 17.9. The zero-order valence-corrected chi connectivity index (χ0v) is 14.5. The Labute approximate surface area is 152 Å². The van der Waals surface area contributed by atoms with E-state index >= 15 is 0 Å². The Kier molecular flexibility index (Phi) is 5.23. The molecule has 2 aromatic rings. The second-order valence-electron chi connectivity index (χ2n) is 6.53. The zero-order chi connectivity index (χ0) is 18.6. The number of para-hydroxylation sites is 2. The lowest BCUT2D eigenvalue weighted by Crippen LogP contribution is -2.49. The number of urea groups is 1. The van der Waals surface area contributed by atoms with Crippen LogP contribution in [0.2, 0.25) is 0 Å². The Bertz CT molecular complexity index is 766. The Hall–Kier alpha value is -2.86. The summed E-state index contributed by atoms with van der Waals surface area (Å²) in [5, 5.41) is 9.21. The average Bonchev–Trinajstić information content (AvgIpc) is 2.94. The molecule has 1 aliphatic rings. The van der Waals surface area contributed by atoms with E-state index in [4.69, 9.17) is 5.73 Å². The van der Waals surface area contributed by atoms with E-state index in [1.54, 1.807) is 9.80 Å². The van der Waals surface area contributed by atoms with E-state index in [1.807, 2.05) is 60.7 Å². The van der Waals surface area contributed by atoms with Crippen LogP contribution in [0.15, 0.2) is 60.7 Å². The van der Waals surface area contributed by atoms with Gasteiger partial charge in [-0.25, -0.2) is 4.79 Å². The first-order valence-corrected chi connectivity index (χ1v) is 8.71. The van der Waals surface area contributed by atoms with Crippen LogP contribution in [0.5, 0.6) is 0 Å². The van der Waals surface area contributed by atoms with E-state index in [2.05, 4.69) is 0 Å². The molecule has 136 valence electrons. The number of rotatable bonds is 7. The third-order valence-electron chi connectivity index (χ3n) is 4.85. The molecule has 3 rings (SSSR count). The van der Waals surface area contributed by atoms with Crippen molar-refractivity contribution in [1.82, 2.24) is 0 Å². The fourth-order valence-corrected chi connectivity index (χ4v) is 3.64. The lowest BCUT2D eigenvalue weighted by atomic mass is 9.88. The van der Waals surface area contributed by atoms with Gasteiger partial charge in [-0.15, -0.1) is 0 Å². The van der Waals surface area contributed by atoms with Crippen LogP contribution in [0.3, 0.4) is 0 Å². The van der Waals surface area contributed by atoms with Crippen LogP contribution in [0.4, 0.5) is 16.2 Å². The van der Waals surface area contributed by atoms with E-state index in [-0.39, 0.29) is 12.5 Å². The minimum absolute atomic E-state index is 0.0146. The van der Waals surface area contributed by atoms with Crippen LogP contribution in [-0.4, -0.2) is 35.7 Å². The Morgan fingerprint density at radius 2 is 1.58 bits per heavy atom. The quantitative estimate of drug-likeness (QED) is 0.801. The molecule has 6 heteroatoms. The summed E-state index contributed by atoms with van der Waals surface area (Å²) in [6, 6.07) is 18.7. The number of hydrogen-bond acceptors (Lipinski definition) is 3. The van der Waals surface area contributed by atoms with Crippen LogP contribution in [0.1, 0.15) is 19.3 Å². The van der Waals surface area contributed by atoms with Crippen LogP contribution in [0, 0.1) is 0 Å². The Morgan fingerprint density at radius 3 is 2.12 bits per heavy atom. The van der Waals surface area contributed by atoms with E-state index < -0.39 is 11.5 Å². The van der Waals surface area contributed by atoms with E-state index in [0.717, 1.165) is 11.4 Å². The summed E-state index contributed by atoms with van der Waals surface area (Å²) in [6.07, 6.45) is 0.868. The fraction of sp³-hybridized carbons (Fsp3) is 0.300. The molecule has 2 aromatic carbocycles. The van der Waals surface area contributed by atoms with E-state index in [1.165, 1.54) is 0 Å². The van der Waals surface area contributed by atoms with Crippen molar-refractivity contribution >= 4 is 23.4 Å². The van der Waals surface area contributed by atoms with Gasteiger partial charge in [-0.2, -0.15) is 0 Å². The van der Waals surface area contributed by atoms with Crippen molar-refractivity contribution < 1.29 is 14.7 Å². The molecule has 1 fully saturated rings. The molecular weight excluding hydrogens is 330 g/mol. The van der Waals surface area contributed by atoms with Crippen LogP contribution in [-0.2, 0) is 4.79 Å². The van der Waals surface area contributed by atoms with Crippen LogP contribution in [0.25, 0.3) is 0 Å². The van der Waals surface area contributed by atoms with Gasteiger partial charge in [-0.3, -0.25) is 14.6 Å². The molecule has 1 unspecified atom stereocenters. The summed E-state index contributed by atoms with van der Waals surface area (Å²) < 4.78 is 0. The molecule has 2 amide bonds. The highest BCUT2D eigenvalue weighted by Crippen LogP contribution is 2.39. The molecular formula is C20H23N3O3. The van der Waals surface area contributed by atoms with Gasteiger partial charge in [0.1, 0.15) is 0 Å². The molecule has 1 aliphatic heterocycles. The normalized spacial score (nSPS) is 19.8. The lowest BCUT2D eigenvalue weighted by Gasteiger charge is -2.36. The number of carbonyl (C=O) groups excluding carboxylic acids is 1. The van der Waals surface area contributed by atoms with Crippen molar-refractivity contribution in [3.8, 4) is 0 Å². The number of carboxylic acid groups (broad SMARTS) is 1. The van der Waals surface area contributed by atoms with Gasteiger partial charge in [0.25, 0.3) is 0 Å². The van der Waals surface area contributed by atoms with Crippen LogP contribution < -0.4 is 15.5 Å². The second kappa shape index (κ2) is 7.58. The van der Waals surface area contributed by atoms with Crippen molar-refractivity contribution in [3.05, 3.63) is 60.7 Å². The van der Waals surface area contributed by atoms with Gasteiger partial charge in [0, 0.05) is 17.8 Å². The number of nitrogens with zero attached hydrogens (tertiary/aromatic N) is 2. The number of anilines is 2. The van der Waals surface area contributed by atoms with Gasteiger partial charge < -0.3 is 10.8 Å². The van der Waals surface area contributed by atoms with Gasteiger partial charge >= 0.3 is 12.0 Å². The maximum Gasteiger partial charge on any atom is 0.329 e. The zero-order valence-electron chi connectivity index (χ0n) is 14.5. The predicted molar refractivity (Wildman–Crippen MR) is 101 cm³/mol. The first-order chi connectivity index (χ1) is 12.6. The Morgan fingerprint density at radius 1 is 1.00 bits per heavy atom. The number of hydrogen-bond donors (Lipinski definition) is 2. The number of amides is 2. The maximum absolute atomic E-state index is 13.3. The van der Waals surface area contributed by atoms with Crippen molar-refractivity contribution in [2.45, 2.75) is 24.8 Å². The number of carbonyl (C=O) groups is 2. The predicted octanol–water partition coefficient (Wildman–Crippen LogP) is 3.09. The van der Waals surface area contributed by atoms with Crippen molar-refractivity contribution in [2.75, 3.05) is 22.9 Å². The topological polar surface area (TPSA) is 86.9 Å². The molecule has 0 bridgehead atoms. The molecule has 1 atom stereocenters. The minimum atomic E-state index is -0.875. The number of nitrogens with two attached hydrogens (primary N) is 1. The smallest absolute Gasteiger partial charge is 0.329 e. The average molecular weight is 353 g/mol. The highest BCUT2D eigenvalue weighted by molar-refractivity contribution is 6.07. The molecule has 1 heterocycles. The molecule has 0 radical (unpaired) electrons. The van der Waals surface area contributed by atoms with Gasteiger partial charge in [0.05, 0.1) is 12.1 Å². The first-order valence-electron chi connectivity index (χ1n) is 8.71. The maximum atomic E-state index is 13.3. The standard InChI is InChI=1S/C20H23N3O3/c21-14-13-20(12-11-18(24)25)15-22(16-7-3-1-4-8-16)19(26)23(20)17-9-5-2-6-10-17/h1-10H,11-15,21H2,(H,24,25). The second-order valence-corrected chi connectivity index (χ2v) is 6.53. The lowest BCUT2D eigenvalue weighted by molar-refractivity contribution is -0.137. The van der Waals surface area contributed by atoms with Crippen molar-refractivity contribution in [3.63, 3.8) is 0 Å². The van der Waals surface area contributed by atoms with Crippen LogP contribution >= 0.6 is 0 Å². The molecule has 3 N–H and O–H groups in total. The highest BCUT2D eigenvalue weighted by Gasteiger charge is 2.50. The summed E-state index contributed by atoms with van der Waals surface area (Å²) in [5.74, 6) is -0.875. The molecule has 0 aliphatic carbocycles. The van der Waals surface area contributed by atoms with E-state index in [0.29, 0.717) is 25.9 Å². The highest BCUT2D eigenvalue weighted by atomic mass is 16.4. The molecule has 0 saturated carbocycles. The SMILES string of the molecule is NCCC1(CCC(=O)O)CN(c2ccccc2)C(=O)N1c1ccccc1. The van der Waals surface area contributed by atoms with Crippen molar-refractivity contribution in [1.29, 1.82) is 0 Å². The monoisotopic (exact) mass is 353 g/mol. The minimum Gasteiger partial charge on any atom is -0.481 e. The van der Waals surface area contributed by atoms with Gasteiger partial charge in [-0.1, -0.05) is 36.4 Å². The third-order valence-corrected chi connectivity index (χ3v) is 4.85. The summed E-state index contributed by atoms with van der Waals surface area (Å²) in [6.45, 7) is 0.786. The summed E-state index contributed by atoms with van der Waals surface area (Å²) >= 11 is 0. The number of aliphatic carboxylic acids is 1. The summed E-state index contributed by atoms with van der Waals surface area (Å²) in [7, 11) is 0. The summed E-state index contributed by atoms with van der Waals surface area (Å²) in [4.78, 5) is 28.0. The van der Waals surface area contributed by atoms with Crippen molar-refractivity contribution in [2.24, 2.45) is 5.73 Å².